The van der Waals surface area contributed by atoms with Gasteiger partial charge in [-0.25, -0.2) is 0 Å². The summed E-state index contributed by atoms with van der Waals surface area (Å²) in [4.78, 5) is 3.35. The van der Waals surface area contributed by atoms with Crippen LogP contribution in [0.25, 0.3) is 0 Å². The number of hydrogen-bond donors (Lipinski definition) is 1. The Hall–Kier alpha value is -1.09. The van der Waals surface area contributed by atoms with Crippen molar-refractivity contribution in [3.8, 4) is 0 Å². The van der Waals surface area contributed by atoms with Crippen molar-refractivity contribution in [1.29, 1.82) is 5.41 Å². The molecule has 0 atom stereocenters. The van der Waals surface area contributed by atoms with Crippen molar-refractivity contribution in [2.75, 3.05) is 11.9 Å². The lowest BCUT2D eigenvalue weighted by atomic mass is 10.3. The molecule has 0 aliphatic rings. The van der Waals surface area contributed by atoms with Gasteiger partial charge in [-0.15, -0.1) is 11.3 Å². The van der Waals surface area contributed by atoms with Crippen molar-refractivity contribution in [2.45, 2.75) is 20.3 Å². The van der Waals surface area contributed by atoms with Crippen molar-refractivity contribution < 1.29 is 0 Å². The van der Waals surface area contributed by atoms with Crippen molar-refractivity contribution in [2.24, 2.45) is 0 Å². The minimum absolute atomic E-state index is 0.658. The van der Waals surface area contributed by atoms with Crippen LogP contribution >= 0.6 is 11.3 Å². The van der Waals surface area contributed by atoms with E-state index in [1.165, 1.54) is 9.88 Å². The molecule has 0 saturated carbocycles. The molecule has 1 rings (SSSR count). The molecule has 0 aromatic carbocycles. The van der Waals surface area contributed by atoms with E-state index in [0.717, 1.165) is 6.42 Å². The molecule has 0 radical (unpaired) electrons. The first-order chi connectivity index (χ1) is 6.63. The largest absolute Gasteiger partial charge is 0.343 e. The van der Waals surface area contributed by atoms with Gasteiger partial charge in [-0.05, 0) is 31.6 Å². The molecule has 1 aromatic rings. The second-order valence-corrected chi connectivity index (χ2v) is 4.46. The van der Waals surface area contributed by atoms with Gasteiger partial charge in [0.1, 0.15) is 0 Å². The molecule has 0 aliphatic heterocycles. The fraction of sp³-hybridized carbons (Fsp3) is 0.364. The van der Waals surface area contributed by atoms with Crippen LogP contribution in [0.2, 0.25) is 0 Å². The molecule has 0 saturated heterocycles. The van der Waals surface area contributed by atoms with Crippen molar-refractivity contribution in [3.63, 3.8) is 0 Å². The van der Waals surface area contributed by atoms with Gasteiger partial charge in [-0.3, -0.25) is 0 Å². The number of hydrogen-bond acceptors (Lipinski definition) is 3. The Morgan fingerprint density at radius 2 is 2.29 bits per heavy atom. The summed E-state index contributed by atoms with van der Waals surface area (Å²) in [6.07, 6.45) is 4.57. The molecule has 76 valence electrons. The predicted octanol–water partition coefficient (Wildman–Crippen LogP) is 3.44. The van der Waals surface area contributed by atoms with E-state index in [1.807, 2.05) is 31.1 Å². The van der Waals surface area contributed by atoms with Gasteiger partial charge in [0.15, 0.2) is 0 Å². The average Bonchev–Trinajstić information content (AvgIpc) is 2.60. The molecule has 1 heterocycles. The lowest BCUT2D eigenvalue weighted by Gasteiger charge is -2.10. The summed E-state index contributed by atoms with van der Waals surface area (Å²) in [5.74, 6) is 0. The Morgan fingerprint density at radius 1 is 1.57 bits per heavy atom. The highest BCUT2D eigenvalue weighted by Crippen LogP contribution is 2.24. The third kappa shape index (κ3) is 3.00. The van der Waals surface area contributed by atoms with E-state index in [4.69, 9.17) is 5.41 Å². The van der Waals surface area contributed by atoms with E-state index in [9.17, 15) is 0 Å². The highest BCUT2D eigenvalue weighted by atomic mass is 32.1. The molecule has 14 heavy (non-hydrogen) atoms. The molecule has 0 unspecified atom stereocenters. The summed E-state index contributed by atoms with van der Waals surface area (Å²) in [5.41, 5.74) is 0.658. The van der Waals surface area contributed by atoms with E-state index >= 15 is 0 Å². The normalized spacial score (nSPS) is 10.8. The SMILES string of the molecule is CCC(=N)/C=C\N(C)c1ccc(C)s1. The van der Waals surface area contributed by atoms with Gasteiger partial charge in [-0.1, -0.05) is 6.92 Å². The average molecular weight is 208 g/mol. The lowest BCUT2D eigenvalue weighted by molar-refractivity contribution is 1.22. The van der Waals surface area contributed by atoms with Gasteiger partial charge in [0.05, 0.1) is 5.00 Å². The minimum atomic E-state index is 0.658. The minimum Gasteiger partial charge on any atom is -0.343 e. The van der Waals surface area contributed by atoms with Crippen LogP contribution in [0.1, 0.15) is 18.2 Å². The quantitative estimate of drug-likeness (QED) is 0.754. The number of aryl methyl sites for hydroxylation is 1. The fourth-order valence-corrected chi connectivity index (χ4v) is 1.81. The number of allylic oxidation sites excluding steroid dienone is 1. The Bertz CT molecular complexity index is 339. The Balaban J connectivity index is 2.62. The Morgan fingerprint density at radius 3 is 2.79 bits per heavy atom. The molecular weight excluding hydrogens is 192 g/mol. The van der Waals surface area contributed by atoms with Gasteiger partial charge >= 0.3 is 0 Å². The predicted molar refractivity (Wildman–Crippen MR) is 64.6 cm³/mol. The van der Waals surface area contributed by atoms with Crippen LogP contribution in [0.15, 0.2) is 24.4 Å². The van der Waals surface area contributed by atoms with Gasteiger partial charge in [0.2, 0.25) is 0 Å². The van der Waals surface area contributed by atoms with Crippen molar-refractivity contribution in [1.82, 2.24) is 0 Å². The second kappa shape index (κ2) is 4.96. The summed E-state index contributed by atoms with van der Waals surface area (Å²) in [6.45, 7) is 4.09. The Labute approximate surface area is 89.4 Å². The van der Waals surface area contributed by atoms with Crippen LogP contribution in [-0.2, 0) is 0 Å². The number of anilines is 1. The highest BCUT2D eigenvalue weighted by molar-refractivity contribution is 7.16. The van der Waals surface area contributed by atoms with Crippen LogP contribution in [0.4, 0.5) is 5.00 Å². The molecular formula is C11H16N2S. The molecule has 0 bridgehead atoms. The number of rotatable bonds is 4. The fourth-order valence-electron chi connectivity index (χ4n) is 1.00. The number of nitrogens with zero attached hydrogens (tertiary/aromatic N) is 1. The number of nitrogens with one attached hydrogen (secondary N) is 1. The summed E-state index contributed by atoms with van der Waals surface area (Å²) < 4.78 is 0. The maximum Gasteiger partial charge on any atom is 0.0948 e. The molecule has 0 fully saturated rings. The molecule has 3 heteroatoms. The summed E-state index contributed by atoms with van der Waals surface area (Å²) in [7, 11) is 2.00. The summed E-state index contributed by atoms with van der Waals surface area (Å²) in [5, 5.41) is 8.70. The summed E-state index contributed by atoms with van der Waals surface area (Å²) >= 11 is 1.76. The van der Waals surface area contributed by atoms with E-state index in [0.29, 0.717) is 5.71 Å². The second-order valence-electron chi connectivity index (χ2n) is 3.19. The van der Waals surface area contributed by atoms with E-state index < -0.39 is 0 Å². The van der Waals surface area contributed by atoms with E-state index in [1.54, 1.807) is 11.3 Å². The highest BCUT2D eigenvalue weighted by Gasteiger charge is 1.99. The Kier molecular flexibility index (Phi) is 3.89. The molecule has 1 N–H and O–H groups in total. The van der Waals surface area contributed by atoms with Crippen molar-refractivity contribution in [3.05, 3.63) is 29.3 Å². The number of thiophene rings is 1. The van der Waals surface area contributed by atoms with Gasteiger partial charge in [0.25, 0.3) is 0 Å². The van der Waals surface area contributed by atoms with Crippen LogP contribution in [0.5, 0.6) is 0 Å². The van der Waals surface area contributed by atoms with Crippen molar-refractivity contribution >= 4 is 22.0 Å². The third-order valence-corrected chi connectivity index (χ3v) is 3.05. The van der Waals surface area contributed by atoms with Crippen LogP contribution in [0.3, 0.4) is 0 Å². The lowest BCUT2D eigenvalue weighted by Crippen LogP contribution is -2.06. The van der Waals surface area contributed by atoms with Crippen LogP contribution in [0, 0.1) is 12.3 Å². The first-order valence-electron chi connectivity index (χ1n) is 4.68. The maximum absolute atomic E-state index is 7.49. The van der Waals surface area contributed by atoms with E-state index in [-0.39, 0.29) is 0 Å². The van der Waals surface area contributed by atoms with E-state index in [2.05, 4.69) is 19.1 Å². The zero-order valence-corrected chi connectivity index (χ0v) is 9.69. The smallest absolute Gasteiger partial charge is 0.0948 e. The maximum atomic E-state index is 7.49. The topological polar surface area (TPSA) is 27.1 Å². The first-order valence-corrected chi connectivity index (χ1v) is 5.50. The summed E-state index contributed by atoms with van der Waals surface area (Å²) in [6, 6.07) is 4.20. The van der Waals surface area contributed by atoms with Gasteiger partial charge in [-0.2, -0.15) is 0 Å². The molecule has 1 aromatic heterocycles. The monoisotopic (exact) mass is 208 g/mol. The van der Waals surface area contributed by atoms with Crippen LogP contribution < -0.4 is 4.90 Å². The molecule has 0 aliphatic carbocycles. The van der Waals surface area contributed by atoms with Crippen LogP contribution in [-0.4, -0.2) is 12.8 Å². The zero-order chi connectivity index (χ0) is 10.6. The zero-order valence-electron chi connectivity index (χ0n) is 8.87. The third-order valence-electron chi connectivity index (χ3n) is 1.95. The van der Waals surface area contributed by atoms with Gasteiger partial charge < -0.3 is 10.3 Å². The molecule has 0 spiro atoms. The van der Waals surface area contributed by atoms with Gasteiger partial charge in [0, 0.05) is 23.8 Å². The molecule has 0 amide bonds. The first kappa shape index (κ1) is 11.0. The molecule has 2 nitrogen and oxygen atoms in total. The standard InChI is InChI=1S/C11H16N2S/c1-4-10(12)7-8-13(3)11-6-5-9(2)14-11/h5-8,12H,4H2,1-3H3/b8-7-,12-10?.